The summed E-state index contributed by atoms with van der Waals surface area (Å²) in [5.74, 6) is 3.17. The van der Waals surface area contributed by atoms with Gasteiger partial charge in [-0.2, -0.15) is 0 Å². The van der Waals surface area contributed by atoms with Gasteiger partial charge in [0.1, 0.15) is 11.5 Å². The van der Waals surface area contributed by atoms with E-state index < -0.39 is 0 Å². The van der Waals surface area contributed by atoms with Crippen LogP contribution in [0.15, 0.2) is 45.6 Å². The molecule has 0 bridgehead atoms. The molecule has 0 spiro atoms. The zero-order chi connectivity index (χ0) is 12.5. The molecule has 0 radical (unpaired) electrons. The summed E-state index contributed by atoms with van der Waals surface area (Å²) in [5, 5.41) is 3.67. The molecule has 3 rings (SSSR count). The van der Waals surface area contributed by atoms with Crippen LogP contribution in [0.5, 0.6) is 0 Å². The highest BCUT2D eigenvalue weighted by Gasteiger charge is 2.36. The van der Waals surface area contributed by atoms with Crippen LogP contribution in [0.4, 0.5) is 0 Å². The second-order valence-corrected chi connectivity index (χ2v) is 5.34. The lowest BCUT2D eigenvalue weighted by atomic mass is 9.80. The quantitative estimate of drug-likeness (QED) is 0.871. The summed E-state index contributed by atoms with van der Waals surface area (Å²) < 4.78 is 11.1. The van der Waals surface area contributed by atoms with E-state index in [2.05, 4.69) is 19.2 Å². The molecule has 0 aliphatic carbocycles. The first-order valence-corrected chi connectivity index (χ1v) is 6.58. The fraction of sp³-hybridized carbons (Fsp3) is 0.467. The number of nitrogens with one attached hydrogen (secondary N) is 1. The van der Waals surface area contributed by atoms with Crippen LogP contribution in [0.3, 0.4) is 0 Å². The molecule has 0 amide bonds. The smallest absolute Gasteiger partial charge is 0.120 e. The predicted molar refractivity (Wildman–Crippen MR) is 69.0 cm³/mol. The molecule has 1 aliphatic rings. The summed E-state index contributed by atoms with van der Waals surface area (Å²) in [4.78, 5) is 0. The maximum absolute atomic E-state index is 5.55. The van der Waals surface area contributed by atoms with Crippen LogP contribution in [0.2, 0.25) is 0 Å². The zero-order valence-electron chi connectivity index (χ0n) is 10.8. The van der Waals surface area contributed by atoms with Gasteiger partial charge in [0, 0.05) is 0 Å². The molecule has 3 heterocycles. The number of furan rings is 2. The molecule has 3 nitrogen and oxygen atoms in total. The Morgan fingerprint density at radius 2 is 1.44 bits per heavy atom. The fourth-order valence-corrected chi connectivity index (χ4v) is 3.04. The highest BCUT2D eigenvalue weighted by atomic mass is 16.3. The van der Waals surface area contributed by atoms with Gasteiger partial charge in [-0.3, -0.25) is 5.32 Å². The van der Waals surface area contributed by atoms with Crippen molar-refractivity contribution in [2.24, 2.45) is 11.8 Å². The molecular formula is C15H19NO2. The van der Waals surface area contributed by atoms with Crippen molar-refractivity contribution >= 4 is 0 Å². The van der Waals surface area contributed by atoms with Crippen LogP contribution in [-0.2, 0) is 0 Å². The summed E-state index contributed by atoms with van der Waals surface area (Å²) in [6.07, 6.45) is 4.65. The van der Waals surface area contributed by atoms with E-state index in [1.807, 2.05) is 24.3 Å². The topological polar surface area (TPSA) is 38.3 Å². The highest BCUT2D eigenvalue weighted by molar-refractivity contribution is 5.13. The van der Waals surface area contributed by atoms with Gasteiger partial charge >= 0.3 is 0 Å². The van der Waals surface area contributed by atoms with Crippen molar-refractivity contribution in [3.8, 4) is 0 Å². The minimum absolute atomic E-state index is 0.270. The van der Waals surface area contributed by atoms with E-state index in [1.54, 1.807) is 12.5 Å². The molecule has 1 N–H and O–H groups in total. The largest absolute Gasteiger partial charge is 0.468 e. The van der Waals surface area contributed by atoms with Gasteiger partial charge in [-0.25, -0.2) is 0 Å². The minimum atomic E-state index is 0.270. The second kappa shape index (κ2) is 4.65. The van der Waals surface area contributed by atoms with Crippen molar-refractivity contribution < 1.29 is 8.83 Å². The van der Waals surface area contributed by atoms with Crippen LogP contribution in [-0.4, -0.2) is 0 Å². The Labute approximate surface area is 107 Å². The fourth-order valence-electron chi connectivity index (χ4n) is 3.04. The molecule has 1 saturated heterocycles. The minimum Gasteiger partial charge on any atom is -0.468 e. The van der Waals surface area contributed by atoms with E-state index in [0.717, 1.165) is 11.5 Å². The van der Waals surface area contributed by atoms with Crippen molar-refractivity contribution in [2.75, 3.05) is 0 Å². The van der Waals surface area contributed by atoms with Crippen molar-refractivity contribution in [1.29, 1.82) is 0 Å². The van der Waals surface area contributed by atoms with E-state index in [4.69, 9.17) is 8.83 Å². The van der Waals surface area contributed by atoms with Crippen LogP contribution in [0, 0.1) is 11.8 Å². The van der Waals surface area contributed by atoms with E-state index in [1.165, 1.54) is 6.42 Å². The number of hydrogen-bond donors (Lipinski definition) is 1. The second-order valence-electron chi connectivity index (χ2n) is 5.34. The molecule has 1 aliphatic heterocycles. The Kier molecular flexibility index (Phi) is 3.00. The molecule has 3 heteroatoms. The van der Waals surface area contributed by atoms with E-state index in [-0.39, 0.29) is 12.1 Å². The monoisotopic (exact) mass is 245 g/mol. The Hall–Kier alpha value is -1.48. The number of piperidine rings is 1. The lowest BCUT2D eigenvalue weighted by Crippen LogP contribution is -2.40. The molecule has 2 aromatic heterocycles. The van der Waals surface area contributed by atoms with E-state index in [0.29, 0.717) is 11.8 Å². The van der Waals surface area contributed by atoms with Crippen molar-refractivity contribution in [3.63, 3.8) is 0 Å². The third kappa shape index (κ3) is 1.99. The summed E-state index contributed by atoms with van der Waals surface area (Å²) in [7, 11) is 0. The van der Waals surface area contributed by atoms with Gasteiger partial charge in [-0.15, -0.1) is 0 Å². The third-order valence-corrected chi connectivity index (χ3v) is 3.94. The maximum Gasteiger partial charge on any atom is 0.120 e. The summed E-state index contributed by atoms with van der Waals surface area (Å²) >= 11 is 0. The van der Waals surface area contributed by atoms with Gasteiger partial charge in [0.25, 0.3) is 0 Å². The van der Waals surface area contributed by atoms with Gasteiger partial charge in [-0.05, 0) is 42.5 Å². The maximum atomic E-state index is 5.55. The SMILES string of the molecule is C[C@H]1C[C@H](C)[C@H](c2ccco2)N[C@@H]1c1ccco1. The molecular weight excluding hydrogens is 226 g/mol. The Morgan fingerprint density at radius 1 is 0.944 bits per heavy atom. The van der Waals surface area contributed by atoms with Gasteiger partial charge < -0.3 is 8.83 Å². The Balaban J connectivity index is 1.85. The average molecular weight is 245 g/mol. The molecule has 18 heavy (non-hydrogen) atoms. The zero-order valence-corrected chi connectivity index (χ0v) is 10.8. The van der Waals surface area contributed by atoms with E-state index >= 15 is 0 Å². The summed E-state index contributed by atoms with van der Waals surface area (Å²) in [5.41, 5.74) is 0. The summed E-state index contributed by atoms with van der Waals surface area (Å²) in [6.45, 7) is 4.55. The van der Waals surface area contributed by atoms with Crippen LogP contribution in [0.1, 0.15) is 43.9 Å². The van der Waals surface area contributed by atoms with E-state index in [9.17, 15) is 0 Å². The number of hydrogen-bond acceptors (Lipinski definition) is 3. The third-order valence-electron chi connectivity index (χ3n) is 3.94. The first-order valence-electron chi connectivity index (χ1n) is 6.58. The normalized spacial score (nSPS) is 32.6. The lowest BCUT2D eigenvalue weighted by Gasteiger charge is -2.38. The van der Waals surface area contributed by atoms with Crippen molar-refractivity contribution in [1.82, 2.24) is 5.32 Å². The molecule has 0 saturated carbocycles. The first-order chi connectivity index (χ1) is 8.75. The summed E-state index contributed by atoms with van der Waals surface area (Å²) in [6, 6.07) is 8.53. The van der Waals surface area contributed by atoms with Crippen molar-refractivity contribution in [3.05, 3.63) is 48.3 Å². The van der Waals surface area contributed by atoms with Crippen LogP contribution >= 0.6 is 0 Å². The molecule has 1 fully saturated rings. The van der Waals surface area contributed by atoms with Crippen LogP contribution < -0.4 is 5.32 Å². The first kappa shape index (κ1) is 11.6. The average Bonchev–Trinajstić information content (AvgIpc) is 3.01. The molecule has 4 atom stereocenters. The predicted octanol–water partition coefficient (Wildman–Crippen LogP) is 3.92. The number of rotatable bonds is 2. The standard InChI is InChI=1S/C15H19NO2/c1-10-9-11(2)15(13-6-4-8-18-13)16-14(10)12-5-3-7-17-12/h3-8,10-11,14-16H,9H2,1-2H3/t10-,11-,14-,15+/m0/s1. The molecule has 2 aromatic rings. The van der Waals surface area contributed by atoms with Crippen molar-refractivity contribution in [2.45, 2.75) is 32.4 Å². The van der Waals surface area contributed by atoms with Gasteiger partial charge in [0.05, 0.1) is 24.6 Å². The van der Waals surface area contributed by atoms with Crippen LogP contribution in [0.25, 0.3) is 0 Å². The Morgan fingerprint density at radius 3 is 1.83 bits per heavy atom. The Bertz CT molecular complexity index is 430. The lowest BCUT2D eigenvalue weighted by molar-refractivity contribution is 0.152. The highest BCUT2D eigenvalue weighted by Crippen LogP contribution is 2.40. The van der Waals surface area contributed by atoms with Gasteiger partial charge in [0.2, 0.25) is 0 Å². The van der Waals surface area contributed by atoms with Gasteiger partial charge in [-0.1, -0.05) is 13.8 Å². The molecule has 0 aromatic carbocycles. The molecule has 0 unspecified atom stereocenters. The molecule has 96 valence electrons. The van der Waals surface area contributed by atoms with Gasteiger partial charge in [0.15, 0.2) is 0 Å².